The molecule has 0 aliphatic carbocycles. The van der Waals surface area contributed by atoms with E-state index in [9.17, 15) is 36.7 Å². The number of nitriles is 1. The molecule has 13 heteroatoms. The average Bonchev–Trinajstić information content (AvgIpc) is 3.15. The van der Waals surface area contributed by atoms with Gasteiger partial charge in [0.25, 0.3) is 5.91 Å². The molecule has 0 saturated carbocycles. The Morgan fingerprint density at radius 2 is 1.67 bits per heavy atom. The molecule has 4 rings (SSSR count). The van der Waals surface area contributed by atoms with Crippen molar-refractivity contribution in [3.63, 3.8) is 0 Å². The molecule has 8 nitrogen and oxygen atoms in total. The van der Waals surface area contributed by atoms with Crippen LogP contribution in [-0.4, -0.2) is 47.0 Å². The van der Waals surface area contributed by atoms with Crippen molar-refractivity contribution >= 4 is 41.1 Å². The second kappa shape index (κ2) is 13.1. The summed E-state index contributed by atoms with van der Waals surface area (Å²) in [4.78, 5) is 53.8. The molecule has 0 radical (unpaired) electrons. The highest BCUT2D eigenvalue weighted by molar-refractivity contribution is 8.00. The molecule has 45 heavy (non-hydrogen) atoms. The fraction of sp³-hybridized carbons (Fsp3) is 0.281. The number of methoxy groups -OCH3 is 1. The zero-order valence-electron chi connectivity index (χ0n) is 24.4. The maximum atomic E-state index is 14.3. The monoisotopic (exact) mass is 641 g/mol. The Morgan fingerprint density at radius 3 is 2.29 bits per heavy atom. The predicted molar refractivity (Wildman–Crippen MR) is 157 cm³/mol. The second-order valence-corrected chi connectivity index (χ2v) is 11.8. The number of thioether (sulfide) groups is 1. The molecule has 3 aromatic rings. The number of imide groups is 1. The summed E-state index contributed by atoms with van der Waals surface area (Å²) in [5, 5.41) is 9.11. The van der Waals surface area contributed by atoms with Crippen molar-refractivity contribution in [1.82, 2.24) is 4.90 Å². The summed E-state index contributed by atoms with van der Waals surface area (Å²) in [6.07, 6.45) is -5.06. The summed E-state index contributed by atoms with van der Waals surface area (Å²) in [6.45, 7) is 2.64. The molecule has 1 heterocycles. The van der Waals surface area contributed by atoms with E-state index in [0.717, 1.165) is 28.0 Å². The number of ketones is 1. The van der Waals surface area contributed by atoms with E-state index in [0.29, 0.717) is 22.1 Å². The second-order valence-electron chi connectivity index (χ2n) is 10.7. The van der Waals surface area contributed by atoms with Gasteiger partial charge in [0, 0.05) is 24.3 Å². The lowest BCUT2D eigenvalue weighted by Crippen LogP contribution is -2.43. The Morgan fingerprint density at radius 1 is 0.978 bits per heavy atom. The van der Waals surface area contributed by atoms with Gasteiger partial charge in [0.05, 0.1) is 35.7 Å². The van der Waals surface area contributed by atoms with Gasteiger partial charge in [0.1, 0.15) is 17.1 Å². The minimum Gasteiger partial charge on any atom is -0.468 e. The number of hydrogen-bond donors (Lipinski definition) is 0. The number of hydrogen-bond acceptors (Lipinski definition) is 7. The molecule has 234 valence electrons. The van der Waals surface area contributed by atoms with Crippen LogP contribution in [0.3, 0.4) is 0 Å². The summed E-state index contributed by atoms with van der Waals surface area (Å²) >= 11 is 1.28. The van der Waals surface area contributed by atoms with Crippen LogP contribution in [0, 0.1) is 17.1 Å². The van der Waals surface area contributed by atoms with E-state index in [1.807, 2.05) is 0 Å². The molecule has 0 atom stereocenters. The molecule has 0 N–H and O–H groups in total. The quantitative estimate of drug-likeness (QED) is 0.114. The summed E-state index contributed by atoms with van der Waals surface area (Å²) in [5.41, 5.74) is -2.44. The van der Waals surface area contributed by atoms with E-state index >= 15 is 0 Å². The molecule has 1 saturated heterocycles. The zero-order valence-corrected chi connectivity index (χ0v) is 25.2. The fourth-order valence-corrected chi connectivity index (χ4v) is 5.55. The van der Waals surface area contributed by atoms with Crippen molar-refractivity contribution in [2.75, 3.05) is 17.8 Å². The number of alkyl halides is 3. The maximum absolute atomic E-state index is 14.3. The molecule has 3 amide bonds. The number of carbonyl (C=O) groups excluding carboxylic acids is 4. The van der Waals surface area contributed by atoms with Crippen LogP contribution in [0.1, 0.15) is 41.7 Å². The fourth-order valence-electron chi connectivity index (χ4n) is 4.82. The van der Waals surface area contributed by atoms with E-state index in [-0.39, 0.29) is 48.1 Å². The topological polar surface area (TPSA) is 108 Å². The smallest absolute Gasteiger partial charge is 0.417 e. The van der Waals surface area contributed by atoms with Gasteiger partial charge in [-0.25, -0.2) is 14.1 Å². The van der Waals surface area contributed by atoms with Crippen LogP contribution in [0.4, 0.5) is 28.0 Å². The van der Waals surface area contributed by atoms with Crippen molar-refractivity contribution in [1.29, 1.82) is 5.26 Å². The Hall–Kier alpha value is -4.70. The van der Waals surface area contributed by atoms with Crippen molar-refractivity contribution < 1.29 is 41.5 Å². The number of amides is 3. The van der Waals surface area contributed by atoms with E-state index in [4.69, 9.17) is 5.26 Å². The number of halogens is 4. The molecule has 0 bridgehead atoms. The lowest BCUT2D eigenvalue weighted by molar-refractivity contribution is -0.138. The Labute approximate surface area is 260 Å². The predicted octanol–water partition coefficient (Wildman–Crippen LogP) is 6.08. The number of ether oxygens (including phenoxy) is 1. The van der Waals surface area contributed by atoms with E-state index < -0.39 is 40.6 Å². The van der Waals surface area contributed by atoms with E-state index in [1.165, 1.54) is 50.9 Å². The van der Waals surface area contributed by atoms with Crippen LogP contribution in [0.25, 0.3) is 0 Å². The first-order chi connectivity index (χ1) is 21.1. The number of nitrogens with zero attached hydrogens (tertiary/aromatic N) is 3. The van der Waals surface area contributed by atoms with Crippen LogP contribution in [0.2, 0.25) is 0 Å². The number of anilines is 1. The van der Waals surface area contributed by atoms with Gasteiger partial charge < -0.3 is 9.64 Å². The summed E-state index contributed by atoms with van der Waals surface area (Å²) < 4.78 is 59.7. The lowest BCUT2D eigenvalue weighted by Gasteiger charge is -2.28. The van der Waals surface area contributed by atoms with Gasteiger partial charge in [-0.1, -0.05) is 18.2 Å². The third-order valence-electron chi connectivity index (χ3n) is 7.30. The summed E-state index contributed by atoms with van der Waals surface area (Å²) in [6, 6.07) is 13.8. The SMILES string of the molecule is COC(=O)CSc1ccc(CC(=O)Cc2cc(F)ccc2CN2C(=O)N(c3ccc(C#N)c(C(F)(F)F)c3)C(=O)C2(C)C)cc1. The molecule has 0 spiro atoms. The lowest BCUT2D eigenvalue weighted by atomic mass is 9.97. The van der Waals surface area contributed by atoms with Crippen molar-refractivity contribution in [2.45, 2.75) is 49.8 Å². The van der Waals surface area contributed by atoms with Crippen LogP contribution < -0.4 is 4.90 Å². The van der Waals surface area contributed by atoms with Crippen LogP contribution >= 0.6 is 11.8 Å². The van der Waals surface area contributed by atoms with Gasteiger partial charge in [-0.15, -0.1) is 11.8 Å². The molecule has 1 aliphatic heterocycles. The Bertz CT molecular complexity index is 1700. The molecular formula is C32H27F4N3O5S. The number of esters is 1. The minimum absolute atomic E-state index is 0.0263. The third-order valence-corrected chi connectivity index (χ3v) is 8.29. The highest BCUT2D eigenvalue weighted by Gasteiger charge is 2.52. The van der Waals surface area contributed by atoms with Gasteiger partial charge in [-0.2, -0.15) is 18.4 Å². The highest BCUT2D eigenvalue weighted by Crippen LogP contribution is 2.38. The third kappa shape index (κ3) is 7.34. The summed E-state index contributed by atoms with van der Waals surface area (Å²) in [7, 11) is 1.30. The number of Topliss-reactive ketones (excluding diaryl/α,β-unsaturated/α-hetero) is 1. The minimum atomic E-state index is -4.90. The molecule has 1 fully saturated rings. The first-order valence-electron chi connectivity index (χ1n) is 13.5. The zero-order chi connectivity index (χ0) is 33.1. The molecule has 3 aromatic carbocycles. The van der Waals surface area contributed by atoms with Gasteiger partial charge in [-0.05, 0) is 73.0 Å². The van der Waals surface area contributed by atoms with Crippen LogP contribution in [0.5, 0.6) is 0 Å². The largest absolute Gasteiger partial charge is 0.468 e. The Balaban J connectivity index is 1.54. The standard InChI is InChI=1S/C32H27F4N3O5S/c1-31(2)29(42)39(24-9-7-20(16-37)27(15-24)32(34,35)36)30(43)38(31)17-21-6-8-23(33)13-22(21)14-25(40)12-19-4-10-26(11-5-19)45-18-28(41)44-3/h4-11,13,15H,12,14,17-18H2,1-3H3. The first kappa shape index (κ1) is 33.2. The number of urea groups is 1. The normalized spacial score (nSPS) is 14.4. The molecule has 1 aliphatic rings. The average molecular weight is 642 g/mol. The molecule has 0 unspecified atom stereocenters. The number of rotatable bonds is 10. The van der Waals surface area contributed by atoms with Crippen molar-refractivity contribution in [3.8, 4) is 6.07 Å². The Kier molecular flexibility index (Phi) is 9.68. The summed E-state index contributed by atoms with van der Waals surface area (Å²) in [5.74, 6) is -1.89. The van der Waals surface area contributed by atoms with E-state index in [2.05, 4.69) is 4.74 Å². The number of carbonyl (C=O) groups is 4. The van der Waals surface area contributed by atoms with Gasteiger partial charge in [0.15, 0.2) is 0 Å². The number of benzene rings is 3. The van der Waals surface area contributed by atoms with Crippen LogP contribution in [-0.2, 0) is 44.7 Å². The van der Waals surface area contributed by atoms with Crippen molar-refractivity contribution in [3.05, 3.63) is 94.3 Å². The van der Waals surface area contributed by atoms with Crippen LogP contribution in [0.15, 0.2) is 65.6 Å². The molecule has 0 aromatic heterocycles. The highest BCUT2D eigenvalue weighted by atomic mass is 32.2. The van der Waals surface area contributed by atoms with Crippen molar-refractivity contribution in [2.24, 2.45) is 0 Å². The van der Waals surface area contributed by atoms with E-state index in [1.54, 1.807) is 24.3 Å². The van der Waals surface area contributed by atoms with Gasteiger partial charge in [0.2, 0.25) is 0 Å². The molecular weight excluding hydrogens is 614 g/mol. The van der Waals surface area contributed by atoms with Gasteiger partial charge >= 0.3 is 18.2 Å². The maximum Gasteiger partial charge on any atom is 0.417 e. The van der Waals surface area contributed by atoms with Gasteiger partial charge in [-0.3, -0.25) is 14.4 Å². The first-order valence-corrected chi connectivity index (χ1v) is 14.5.